The number of carbonyl (C=O) groups excluding carboxylic acids is 1. The van der Waals surface area contributed by atoms with Crippen molar-refractivity contribution in [3.63, 3.8) is 0 Å². The molecule has 2 heterocycles. The van der Waals surface area contributed by atoms with Gasteiger partial charge in [-0.15, -0.1) is 11.3 Å². The van der Waals surface area contributed by atoms with Crippen molar-refractivity contribution in [1.82, 2.24) is 5.32 Å². The predicted octanol–water partition coefficient (Wildman–Crippen LogP) is 2.29. The predicted molar refractivity (Wildman–Crippen MR) is 65.5 cm³/mol. The highest BCUT2D eigenvalue weighted by molar-refractivity contribution is 7.12. The van der Waals surface area contributed by atoms with E-state index >= 15 is 0 Å². The fourth-order valence-electron chi connectivity index (χ4n) is 1.52. The third kappa shape index (κ3) is 2.98. The SMILES string of the molecule is O=C(O)CC(NC(=O)c1cccs1)c1ccco1. The summed E-state index contributed by atoms with van der Waals surface area (Å²) >= 11 is 1.30. The standard InChI is InChI=1S/C12H11NO4S/c14-11(15)7-8(9-3-1-5-17-9)13-12(16)10-4-2-6-18-10/h1-6,8H,7H2,(H,13,16)(H,14,15). The van der Waals surface area contributed by atoms with Crippen LogP contribution in [-0.4, -0.2) is 17.0 Å². The Hall–Kier alpha value is -2.08. The molecule has 1 unspecified atom stereocenters. The zero-order valence-electron chi connectivity index (χ0n) is 9.33. The zero-order chi connectivity index (χ0) is 13.0. The van der Waals surface area contributed by atoms with Gasteiger partial charge in [-0.3, -0.25) is 9.59 Å². The summed E-state index contributed by atoms with van der Waals surface area (Å²) in [7, 11) is 0. The van der Waals surface area contributed by atoms with E-state index in [0.29, 0.717) is 10.6 Å². The summed E-state index contributed by atoms with van der Waals surface area (Å²) in [5.74, 6) is -0.863. The lowest BCUT2D eigenvalue weighted by atomic mass is 10.1. The van der Waals surface area contributed by atoms with Gasteiger partial charge in [0.25, 0.3) is 5.91 Å². The Balaban J connectivity index is 2.11. The van der Waals surface area contributed by atoms with Crippen molar-refractivity contribution < 1.29 is 19.1 Å². The van der Waals surface area contributed by atoms with Gasteiger partial charge in [0, 0.05) is 0 Å². The zero-order valence-corrected chi connectivity index (χ0v) is 10.1. The van der Waals surface area contributed by atoms with E-state index in [4.69, 9.17) is 9.52 Å². The molecule has 6 heteroatoms. The number of rotatable bonds is 5. The van der Waals surface area contributed by atoms with E-state index in [1.807, 2.05) is 0 Å². The molecule has 94 valence electrons. The van der Waals surface area contributed by atoms with Crippen LogP contribution in [0.15, 0.2) is 40.3 Å². The van der Waals surface area contributed by atoms with Gasteiger partial charge >= 0.3 is 5.97 Å². The summed E-state index contributed by atoms with van der Waals surface area (Å²) in [6, 6.07) is 6.08. The highest BCUT2D eigenvalue weighted by Crippen LogP contribution is 2.19. The van der Waals surface area contributed by atoms with Crippen molar-refractivity contribution in [2.75, 3.05) is 0 Å². The molecule has 0 fully saturated rings. The number of thiophene rings is 1. The highest BCUT2D eigenvalue weighted by atomic mass is 32.1. The van der Waals surface area contributed by atoms with Gasteiger partial charge in [0.2, 0.25) is 0 Å². The number of carboxylic acids is 1. The fraction of sp³-hybridized carbons (Fsp3) is 0.167. The molecular weight excluding hydrogens is 254 g/mol. The van der Waals surface area contributed by atoms with E-state index in [2.05, 4.69) is 5.32 Å². The number of carboxylic acid groups (broad SMARTS) is 1. The van der Waals surface area contributed by atoms with Gasteiger partial charge in [-0.2, -0.15) is 0 Å². The second-order valence-electron chi connectivity index (χ2n) is 3.62. The van der Waals surface area contributed by atoms with Crippen LogP contribution in [0.1, 0.15) is 27.9 Å². The minimum absolute atomic E-state index is 0.218. The molecule has 0 aromatic carbocycles. The highest BCUT2D eigenvalue weighted by Gasteiger charge is 2.21. The fourth-order valence-corrected chi connectivity index (χ4v) is 2.15. The summed E-state index contributed by atoms with van der Waals surface area (Å²) in [6.45, 7) is 0. The molecule has 0 saturated heterocycles. The molecule has 2 N–H and O–H groups in total. The van der Waals surface area contributed by atoms with Crippen molar-refractivity contribution >= 4 is 23.2 Å². The molecule has 1 amide bonds. The molecule has 0 aliphatic rings. The minimum Gasteiger partial charge on any atom is -0.481 e. The van der Waals surface area contributed by atoms with Crippen molar-refractivity contribution in [2.45, 2.75) is 12.5 Å². The molecule has 0 bridgehead atoms. The number of amides is 1. The number of aliphatic carboxylic acids is 1. The Morgan fingerprint density at radius 3 is 2.78 bits per heavy atom. The van der Waals surface area contributed by atoms with Gasteiger partial charge in [0.1, 0.15) is 5.76 Å². The summed E-state index contributed by atoms with van der Waals surface area (Å²) in [5.41, 5.74) is 0. The largest absolute Gasteiger partial charge is 0.481 e. The van der Waals surface area contributed by atoms with Crippen molar-refractivity contribution in [2.24, 2.45) is 0 Å². The monoisotopic (exact) mass is 265 g/mol. The second kappa shape index (κ2) is 5.50. The third-order valence-electron chi connectivity index (χ3n) is 2.32. The molecule has 5 nitrogen and oxygen atoms in total. The maximum absolute atomic E-state index is 11.9. The normalized spacial score (nSPS) is 12.0. The molecule has 0 saturated carbocycles. The lowest BCUT2D eigenvalue weighted by molar-refractivity contribution is -0.137. The summed E-state index contributed by atoms with van der Waals surface area (Å²) < 4.78 is 5.14. The van der Waals surface area contributed by atoms with Gasteiger partial charge in [0.05, 0.1) is 23.6 Å². The Morgan fingerprint density at radius 2 is 2.22 bits per heavy atom. The first-order valence-electron chi connectivity index (χ1n) is 5.26. The van der Waals surface area contributed by atoms with Gasteiger partial charge < -0.3 is 14.8 Å². The van der Waals surface area contributed by atoms with E-state index < -0.39 is 12.0 Å². The van der Waals surface area contributed by atoms with Crippen LogP contribution in [0.25, 0.3) is 0 Å². The van der Waals surface area contributed by atoms with Crippen molar-refractivity contribution in [1.29, 1.82) is 0 Å². The number of nitrogens with one attached hydrogen (secondary N) is 1. The maximum Gasteiger partial charge on any atom is 0.305 e. The summed E-state index contributed by atoms with van der Waals surface area (Å²) in [6.07, 6.45) is 1.23. The third-order valence-corrected chi connectivity index (χ3v) is 3.18. The average molecular weight is 265 g/mol. The number of furan rings is 1. The second-order valence-corrected chi connectivity index (χ2v) is 4.56. The molecule has 2 rings (SSSR count). The number of hydrogen-bond donors (Lipinski definition) is 2. The van der Waals surface area contributed by atoms with Crippen molar-refractivity contribution in [3.05, 3.63) is 46.5 Å². The Kier molecular flexibility index (Phi) is 3.78. The quantitative estimate of drug-likeness (QED) is 0.869. The molecule has 2 aromatic rings. The van der Waals surface area contributed by atoms with E-state index in [9.17, 15) is 9.59 Å². The molecule has 0 radical (unpaired) electrons. The van der Waals surface area contributed by atoms with Gasteiger partial charge in [-0.1, -0.05) is 6.07 Å². The first-order valence-corrected chi connectivity index (χ1v) is 6.14. The van der Waals surface area contributed by atoms with Gasteiger partial charge in [0.15, 0.2) is 0 Å². The van der Waals surface area contributed by atoms with Crippen LogP contribution in [0.2, 0.25) is 0 Å². The summed E-state index contributed by atoms with van der Waals surface area (Å²) in [5, 5.41) is 13.3. The molecule has 0 spiro atoms. The van der Waals surface area contributed by atoms with Crippen LogP contribution in [0.3, 0.4) is 0 Å². The average Bonchev–Trinajstić information content (AvgIpc) is 3.01. The van der Waals surface area contributed by atoms with Crippen LogP contribution in [0.5, 0.6) is 0 Å². The smallest absolute Gasteiger partial charge is 0.305 e. The summed E-state index contributed by atoms with van der Waals surface area (Å²) in [4.78, 5) is 23.2. The Bertz CT molecular complexity index is 518. The van der Waals surface area contributed by atoms with E-state index in [-0.39, 0.29) is 12.3 Å². The van der Waals surface area contributed by atoms with Crippen LogP contribution in [-0.2, 0) is 4.79 Å². The first kappa shape index (κ1) is 12.4. The van der Waals surface area contributed by atoms with E-state index in [1.165, 1.54) is 17.6 Å². The molecule has 1 atom stereocenters. The van der Waals surface area contributed by atoms with Crippen LogP contribution >= 0.6 is 11.3 Å². The van der Waals surface area contributed by atoms with Crippen LogP contribution in [0.4, 0.5) is 0 Å². The van der Waals surface area contributed by atoms with E-state index in [0.717, 1.165) is 0 Å². The van der Waals surface area contributed by atoms with Crippen LogP contribution in [0, 0.1) is 0 Å². The Morgan fingerprint density at radius 1 is 1.39 bits per heavy atom. The maximum atomic E-state index is 11.9. The molecule has 0 aliphatic heterocycles. The number of carbonyl (C=O) groups is 2. The first-order chi connectivity index (χ1) is 8.66. The topological polar surface area (TPSA) is 79.5 Å². The molecule has 0 aliphatic carbocycles. The number of hydrogen-bond acceptors (Lipinski definition) is 4. The minimum atomic E-state index is -0.997. The molecule has 18 heavy (non-hydrogen) atoms. The lowest BCUT2D eigenvalue weighted by Gasteiger charge is -2.13. The Labute approximate surface area is 107 Å². The van der Waals surface area contributed by atoms with Crippen LogP contribution < -0.4 is 5.32 Å². The van der Waals surface area contributed by atoms with Crippen molar-refractivity contribution in [3.8, 4) is 0 Å². The van der Waals surface area contributed by atoms with Gasteiger partial charge in [-0.05, 0) is 23.6 Å². The molecular formula is C12H11NO4S. The molecule has 2 aromatic heterocycles. The van der Waals surface area contributed by atoms with E-state index in [1.54, 1.807) is 29.6 Å². The lowest BCUT2D eigenvalue weighted by Crippen LogP contribution is -2.29. The van der Waals surface area contributed by atoms with Gasteiger partial charge in [-0.25, -0.2) is 0 Å².